The Morgan fingerprint density at radius 3 is 2.43 bits per heavy atom. The zero-order chi connectivity index (χ0) is 19.7. The number of imide groups is 1. The molecule has 2 aliphatic rings. The summed E-state index contributed by atoms with van der Waals surface area (Å²) in [5, 5.41) is 0. The van der Waals surface area contributed by atoms with E-state index in [0.717, 1.165) is 22.4 Å². The van der Waals surface area contributed by atoms with E-state index in [1.807, 2.05) is 54.6 Å². The maximum atomic E-state index is 13.1. The average molecular weight is 374 g/mol. The number of amides is 3. The second kappa shape index (κ2) is 7.43. The van der Waals surface area contributed by atoms with Crippen LogP contribution in [-0.4, -0.2) is 29.2 Å². The van der Waals surface area contributed by atoms with E-state index in [1.165, 1.54) is 4.90 Å². The Hall–Kier alpha value is -3.21. The average Bonchev–Trinajstić information content (AvgIpc) is 2.93. The molecular weight excluding hydrogens is 352 g/mol. The molecule has 142 valence electrons. The van der Waals surface area contributed by atoms with Crippen LogP contribution in [0.15, 0.2) is 48.5 Å². The summed E-state index contributed by atoms with van der Waals surface area (Å²) in [5.41, 5.74) is 3.94. The van der Waals surface area contributed by atoms with Crippen LogP contribution >= 0.6 is 0 Å². The van der Waals surface area contributed by atoms with E-state index in [0.29, 0.717) is 6.54 Å². The molecule has 5 heteroatoms. The Bertz CT molecular complexity index is 979. The summed E-state index contributed by atoms with van der Waals surface area (Å²) in [6, 6.07) is 15.8. The molecule has 3 amide bonds. The summed E-state index contributed by atoms with van der Waals surface area (Å²) in [5.74, 6) is -0.759. The van der Waals surface area contributed by atoms with Crippen LogP contribution in [0.4, 0.5) is 5.69 Å². The number of hydrogen-bond donors (Lipinski definition) is 0. The fourth-order valence-electron chi connectivity index (χ4n) is 3.80. The van der Waals surface area contributed by atoms with Crippen LogP contribution in [0.2, 0.25) is 0 Å². The minimum absolute atomic E-state index is 0.0993. The van der Waals surface area contributed by atoms with Crippen LogP contribution in [0, 0.1) is 5.92 Å². The maximum absolute atomic E-state index is 13.1. The monoisotopic (exact) mass is 374 g/mol. The summed E-state index contributed by atoms with van der Waals surface area (Å²) in [6.45, 7) is 2.34. The first-order valence-corrected chi connectivity index (χ1v) is 9.54. The summed E-state index contributed by atoms with van der Waals surface area (Å²) in [6.07, 6.45) is 4.43. The third kappa shape index (κ3) is 3.36. The molecule has 0 radical (unpaired) electrons. The SMILES string of the molecule is CC1CC(=O)N(CCC(=O)N2Cc3ccccc3/C=C\c3ccccc32)C1=O. The third-order valence-corrected chi connectivity index (χ3v) is 5.37. The fourth-order valence-corrected chi connectivity index (χ4v) is 3.80. The van der Waals surface area contributed by atoms with Gasteiger partial charge >= 0.3 is 0 Å². The standard InChI is InChI=1S/C23H22N2O3/c1-16-14-22(27)24(23(16)28)13-12-21(26)25-15-19-8-3-2-6-17(19)10-11-18-7-4-5-9-20(18)25/h2-11,16H,12-15H2,1H3/b11-10-. The molecule has 2 aliphatic heterocycles. The van der Waals surface area contributed by atoms with Crippen molar-refractivity contribution in [3.63, 3.8) is 0 Å². The molecule has 0 N–H and O–H groups in total. The smallest absolute Gasteiger partial charge is 0.232 e. The number of hydrogen-bond acceptors (Lipinski definition) is 3. The van der Waals surface area contributed by atoms with Crippen LogP contribution in [-0.2, 0) is 20.9 Å². The Morgan fingerprint density at radius 2 is 1.68 bits per heavy atom. The van der Waals surface area contributed by atoms with Gasteiger partial charge in [-0.25, -0.2) is 0 Å². The first-order chi connectivity index (χ1) is 13.5. The molecule has 1 unspecified atom stereocenters. The lowest BCUT2D eigenvalue weighted by molar-refractivity contribution is -0.139. The van der Waals surface area contributed by atoms with Gasteiger partial charge in [-0.3, -0.25) is 19.3 Å². The second-order valence-electron chi connectivity index (χ2n) is 7.31. The predicted molar refractivity (Wildman–Crippen MR) is 108 cm³/mol. The molecule has 5 nitrogen and oxygen atoms in total. The van der Waals surface area contributed by atoms with Crippen molar-refractivity contribution in [2.24, 2.45) is 5.92 Å². The van der Waals surface area contributed by atoms with Crippen molar-refractivity contribution < 1.29 is 14.4 Å². The highest BCUT2D eigenvalue weighted by Gasteiger charge is 2.35. The number of anilines is 1. The summed E-state index contributed by atoms with van der Waals surface area (Å²) >= 11 is 0. The number of fused-ring (bicyclic) bond motifs is 2. The number of nitrogens with zero attached hydrogens (tertiary/aromatic N) is 2. The van der Waals surface area contributed by atoms with Crippen molar-refractivity contribution in [3.05, 3.63) is 65.2 Å². The van der Waals surface area contributed by atoms with Crippen molar-refractivity contribution >= 4 is 35.6 Å². The summed E-state index contributed by atoms with van der Waals surface area (Å²) in [7, 11) is 0. The van der Waals surface area contributed by atoms with E-state index in [4.69, 9.17) is 0 Å². The van der Waals surface area contributed by atoms with Crippen LogP contribution < -0.4 is 4.90 Å². The Balaban J connectivity index is 1.61. The van der Waals surface area contributed by atoms with Gasteiger partial charge in [-0.2, -0.15) is 0 Å². The molecule has 2 heterocycles. The van der Waals surface area contributed by atoms with Gasteiger partial charge in [-0.15, -0.1) is 0 Å². The van der Waals surface area contributed by atoms with E-state index in [2.05, 4.69) is 6.08 Å². The minimum Gasteiger partial charge on any atom is -0.307 e. The highest BCUT2D eigenvalue weighted by atomic mass is 16.2. The summed E-state index contributed by atoms with van der Waals surface area (Å²) in [4.78, 5) is 40.3. The van der Waals surface area contributed by atoms with E-state index in [1.54, 1.807) is 11.8 Å². The third-order valence-electron chi connectivity index (χ3n) is 5.37. The Labute approximate surface area is 164 Å². The van der Waals surface area contributed by atoms with Gasteiger partial charge in [0.25, 0.3) is 0 Å². The zero-order valence-corrected chi connectivity index (χ0v) is 15.8. The van der Waals surface area contributed by atoms with Crippen molar-refractivity contribution in [2.75, 3.05) is 11.4 Å². The first kappa shape index (κ1) is 18.2. The molecule has 28 heavy (non-hydrogen) atoms. The molecule has 0 aromatic heterocycles. The van der Waals surface area contributed by atoms with Gasteiger partial charge in [-0.05, 0) is 22.8 Å². The minimum atomic E-state index is -0.290. The van der Waals surface area contributed by atoms with Crippen LogP contribution in [0.5, 0.6) is 0 Å². The van der Waals surface area contributed by atoms with Gasteiger partial charge in [-0.1, -0.05) is 61.5 Å². The number of para-hydroxylation sites is 1. The number of likely N-dealkylation sites (tertiary alicyclic amines) is 1. The maximum Gasteiger partial charge on any atom is 0.232 e. The molecule has 4 rings (SSSR count). The largest absolute Gasteiger partial charge is 0.307 e. The van der Waals surface area contributed by atoms with E-state index >= 15 is 0 Å². The molecule has 2 aromatic rings. The molecule has 0 saturated carbocycles. The normalized spacial score (nSPS) is 19.7. The van der Waals surface area contributed by atoms with Crippen molar-refractivity contribution in [1.82, 2.24) is 4.90 Å². The lowest BCUT2D eigenvalue weighted by Crippen LogP contribution is -2.37. The van der Waals surface area contributed by atoms with Crippen molar-refractivity contribution in [1.29, 1.82) is 0 Å². The molecule has 2 aromatic carbocycles. The molecular formula is C23H22N2O3. The van der Waals surface area contributed by atoms with E-state index in [9.17, 15) is 14.4 Å². The first-order valence-electron chi connectivity index (χ1n) is 9.54. The molecule has 0 aliphatic carbocycles. The van der Waals surface area contributed by atoms with Gasteiger partial charge in [0.15, 0.2) is 0 Å². The van der Waals surface area contributed by atoms with Crippen molar-refractivity contribution in [3.8, 4) is 0 Å². The van der Waals surface area contributed by atoms with Gasteiger partial charge in [0, 0.05) is 25.3 Å². The van der Waals surface area contributed by atoms with Gasteiger partial charge in [0.1, 0.15) is 0 Å². The van der Waals surface area contributed by atoms with Crippen LogP contribution in [0.1, 0.15) is 36.5 Å². The Kier molecular flexibility index (Phi) is 4.82. The fraction of sp³-hybridized carbons (Fsp3) is 0.261. The molecule has 0 bridgehead atoms. The Morgan fingerprint density at radius 1 is 1.00 bits per heavy atom. The predicted octanol–water partition coefficient (Wildman–Crippen LogP) is 3.49. The highest BCUT2D eigenvalue weighted by molar-refractivity contribution is 6.04. The van der Waals surface area contributed by atoms with Crippen molar-refractivity contribution in [2.45, 2.75) is 26.3 Å². The van der Waals surface area contributed by atoms with Crippen LogP contribution in [0.3, 0.4) is 0 Å². The number of rotatable bonds is 3. The highest BCUT2D eigenvalue weighted by Crippen LogP contribution is 2.29. The zero-order valence-electron chi connectivity index (χ0n) is 15.8. The molecule has 1 atom stereocenters. The second-order valence-corrected chi connectivity index (χ2v) is 7.31. The molecule has 0 spiro atoms. The van der Waals surface area contributed by atoms with Gasteiger partial charge in [0.2, 0.25) is 17.7 Å². The number of carbonyl (C=O) groups excluding carboxylic acids is 3. The van der Waals surface area contributed by atoms with Gasteiger partial charge < -0.3 is 4.90 Å². The lowest BCUT2D eigenvalue weighted by atomic mass is 10.0. The molecule has 1 saturated heterocycles. The quantitative estimate of drug-likeness (QED) is 0.773. The number of benzene rings is 2. The van der Waals surface area contributed by atoms with E-state index < -0.39 is 0 Å². The summed E-state index contributed by atoms with van der Waals surface area (Å²) < 4.78 is 0. The van der Waals surface area contributed by atoms with Gasteiger partial charge in [0.05, 0.1) is 12.2 Å². The lowest BCUT2D eigenvalue weighted by Gasteiger charge is -2.27. The topological polar surface area (TPSA) is 57.7 Å². The molecule has 1 fully saturated rings. The van der Waals surface area contributed by atoms with Crippen LogP contribution in [0.25, 0.3) is 12.2 Å². The number of carbonyl (C=O) groups is 3. The van der Waals surface area contributed by atoms with E-state index in [-0.39, 0.29) is 43.0 Å².